The summed E-state index contributed by atoms with van der Waals surface area (Å²) < 4.78 is 5.28. The van der Waals surface area contributed by atoms with Crippen LogP contribution >= 0.6 is 0 Å². The van der Waals surface area contributed by atoms with Gasteiger partial charge in [0.1, 0.15) is 5.75 Å². The first-order valence-corrected chi connectivity index (χ1v) is 5.95. The number of hydrogen-bond acceptors (Lipinski definition) is 5. The van der Waals surface area contributed by atoms with Crippen LogP contribution in [0.3, 0.4) is 0 Å². The zero-order valence-electron chi connectivity index (χ0n) is 11.2. The third kappa shape index (κ3) is 3.44. The van der Waals surface area contributed by atoms with Crippen LogP contribution < -0.4 is 15.9 Å². The first-order chi connectivity index (χ1) is 10.1. The van der Waals surface area contributed by atoms with E-state index in [-0.39, 0.29) is 0 Å². The lowest BCUT2D eigenvalue weighted by molar-refractivity contribution is -0.525. The van der Waals surface area contributed by atoms with Crippen molar-refractivity contribution in [1.82, 2.24) is 5.43 Å². The van der Waals surface area contributed by atoms with E-state index in [1.54, 1.807) is 12.5 Å². The van der Waals surface area contributed by atoms with Crippen molar-refractivity contribution in [3.8, 4) is 5.75 Å². The lowest BCUT2D eigenvalue weighted by atomic mass is 10.0. The van der Waals surface area contributed by atoms with Crippen molar-refractivity contribution in [2.75, 3.05) is 7.11 Å². The molecule has 2 aromatic carbocycles. The summed E-state index contributed by atoms with van der Waals surface area (Å²) in [7, 11) is 1.55. The van der Waals surface area contributed by atoms with Gasteiger partial charge in [0.25, 0.3) is 5.96 Å². The summed E-state index contributed by atoms with van der Waals surface area (Å²) in [6.45, 7) is 0. The van der Waals surface area contributed by atoms with Crippen molar-refractivity contribution in [1.29, 1.82) is 0 Å². The van der Waals surface area contributed by atoms with Gasteiger partial charge in [-0.2, -0.15) is 5.10 Å². The van der Waals surface area contributed by atoms with Gasteiger partial charge in [-0.1, -0.05) is 35.8 Å². The molecule has 0 atom stereocenters. The fourth-order valence-electron chi connectivity index (χ4n) is 1.85. The summed E-state index contributed by atoms with van der Waals surface area (Å²) in [5.74, 6) is 0.212. The molecule has 0 aliphatic heterocycles. The van der Waals surface area contributed by atoms with Crippen LogP contribution in [0.2, 0.25) is 0 Å². The molecule has 0 unspecified atom stereocenters. The minimum Gasteiger partial charge on any atom is -0.496 e. The molecule has 2 aromatic rings. The van der Waals surface area contributed by atoms with Gasteiger partial charge in [0.2, 0.25) is 0 Å². The van der Waals surface area contributed by atoms with Crippen LogP contribution in [-0.4, -0.2) is 24.3 Å². The number of fused-ring (bicyclic) bond motifs is 1. The Kier molecular flexibility index (Phi) is 4.30. The van der Waals surface area contributed by atoms with Crippen molar-refractivity contribution < 1.29 is 9.77 Å². The quantitative estimate of drug-likeness (QED) is 0.380. The highest BCUT2D eigenvalue weighted by molar-refractivity contribution is 6.02. The van der Waals surface area contributed by atoms with Crippen LogP contribution in [0.25, 0.3) is 10.8 Å². The molecular weight excluding hydrogens is 274 g/mol. The maximum atomic E-state index is 10.2. The van der Waals surface area contributed by atoms with Crippen molar-refractivity contribution in [3.05, 3.63) is 52.1 Å². The third-order valence-electron chi connectivity index (χ3n) is 2.71. The van der Waals surface area contributed by atoms with Gasteiger partial charge in [-0.15, -0.1) is 5.10 Å². The summed E-state index contributed by atoms with van der Waals surface area (Å²) >= 11 is 0. The third-order valence-corrected chi connectivity index (χ3v) is 2.71. The number of methoxy groups -OCH3 is 1. The highest BCUT2D eigenvalue weighted by Crippen LogP contribution is 2.26. The first kappa shape index (κ1) is 14.3. The molecule has 0 spiro atoms. The largest absolute Gasteiger partial charge is 0.496 e. The maximum absolute atomic E-state index is 10.2. The minimum atomic E-state index is -0.813. The molecular formula is C13H13N5O3. The van der Waals surface area contributed by atoms with Gasteiger partial charge in [0, 0.05) is 5.56 Å². The van der Waals surface area contributed by atoms with Crippen LogP contribution in [0.5, 0.6) is 5.75 Å². The number of nitrogens with two attached hydrogens (primary N) is 1. The van der Waals surface area contributed by atoms with Gasteiger partial charge in [-0.25, -0.2) is 10.1 Å². The molecule has 0 heterocycles. The van der Waals surface area contributed by atoms with Crippen molar-refractivity contribution >= 4 is 22.9 Å². The number of benzene rings is 2. The number of guanidine groups is 1. The lowest BCUT2D eigenvalue weighted by Gasteiger charge is -2.07. The Labute approximate surface area is 120 Å². The summed E-state index contributed by atoms with van der Waals surface area (Å²) in [4.78, 5) is 10.2. The van der Waals surface area contributed by atoms with E-state index >= 15 is 0 Å². The van der Waals surface area contributed by atoms with E-state index in [2.05, 4.69) is 10.2 Å². The predicted octanol–water partition coefficient (Wildman–Crippen LogP) is 1.28. The second kappa shape index (κ2) is 6.33. The van der Waals surface area contributed by atoms with Crippen LogP contribution in [0.4, 0.5) is 0 Å². The molecule has 108 valence electrons. The van der Waals surface area contributed by atoms with Crippen molar-refractivity contribution in [3.63, 3.8) is 0 Å². The van der Waals surface area contributed by atoms with Crippen LogP contribution in [-0.2, 0) is 0 Å². The minimum absolute atomic E-state index is 0.407. The summed E-state index contributed by atoms with van der Waals surface area (Å²) in [6, 6.07) is 11.4. The average molecular weight is 287 g/mol. The standard InChI is InChI=1S/C13H13N5O3/c1-21-12-7-6-9-4-2-3-5-10(9)11(12)8-15-16-13(14)17-18(19)20/h2-8H,1H3,(H3,14,16,17). The smallest absolute Gasteiger partial charge is 0.275 e. The number of hydrazine groups is 1. The van der Waals surface area contributed by atoms with Crippen molar-refractivity contribution in [2.45, 2.75) is 0 Å². The molecule has 8 nitrogen and oxygen atoms in total. The second-order valence-electron chi connectivity index (χ2n) is 4.00. The second-order valence-corrected chi connectivity index (χ2v) is 4.00. The summed E-state index contributed by atoms with van der Waals surface area (Å²) in [6.07, 6.45) is 1.44. The van der Waals surface area contributed by atoms with E-state index < -0.39 is 11.0 Å². The number of nitro groups is 1. The van der Waals surface area contributed by atoms with Crippen LogP contribution in [0.1, 0.15) is 5.56 Å². The van der Waals surface area contributed by atoms with E-state index in [1.807, 2.05) is 36.4 Å². The van der Waals surface area contributed by atoms with Gasteiger partial charge in [-0.05, 0) is 16.8 Å². The molecule has 0 amide bonds. The Morgan fingerprint density at radius 3 is 2.86 bits per heavy atom. The number of rotatable bonds is 4. The highest BCUT2D eigenvalue weighted by Gasteiger charge is 2.05. The van der Waals surface area contributed by atoms with E-state index in [0.29, 0.717) is 11.3 Å². The molecule has 0 fully saturated rings. The van der Waals surface area contributed by atoms with Gasteiger partial charge >= 0.3 is 0 Å². The van der Waals surface area contributed by atoms with Crippen LogP contribution in [0.15, 0.2) is 46.6 Å². The van der Waals surface area contributed by atoms with E-state index in [4.69, 9.17) is 10.5 Å². The maximum Gasteiger partial charge on any atom is 0.275 e. The first-order valence-electron chi connectivity index (χ1n) is 5.95. The van der Waals surface area contributed by atoms with Crippen LogP contribution in [0, 0.1) is 10.1 Å². The number of nitrogens with one attached hydrogen (secondary N) is 1. The van der Waals surface area contributed by atoms with E-state index in [9.17, 15) is 10.1 Å². The SMILES string of the molecule is COc1ccc2ccccc2c1C=N/N=C(\N)N[N+](=O)[O-]. The van der Waals surface area contributed by atoms with Gasteiger partial charge in [0.05, 0.1) is 13.3 Å². The van der Waals surface area contributed by atoms with Gasteiger partial charge < -0.3 is 10.5 Å². The Morgan fingerprint density at radius 1 is 1.38 bits per heavy atom. The topological polar surface area (TPSA) is 115 Å². The normalized spacial score (nSPS) is 11.8. The molecule has 0 aliphatic rings. The number of hydrogen-bond donors (Lipinski definition) is 2. The Bertz CT molecular complexity index is 727. The zero-order chi connectivity index (χ0) is 15.2. The molecule has 0 saturated heterocycles. The Balaban J connectivity index is 2.38. The molecule has 21 heavy (non-hydrogen) atoms. The number of nitrogens with zero attached hydrogens (tertiary/aromatic N) is 3. The molecule has 2 rings (SSSR count). The van der Waals surface area contributed by atoms with Crippen molar-refractivity contribution in [2.24, 2.45) is 15.9 Å². The Morgan fingerprint density at radius 2 is 2.14 bits per heavy atom. The Hall–Kier alpha value is -3.16. The number of ether oxygens (including phenoxy) is 1. The summed E-state index contributed by atoms with van der Waals surface area (Å²) in [5, 5.41) is 18.6. The lowest BCUT2D eigenvalue weighted by Crippen LogP contribution is -2.35. The van der Waals surface area contributed by atoms with Gasteiger partial charge in [-0.3, -0.25) is 0 Å². The highest BCUT2D eigenvalue weighted by atomic mass is 16.7. The molecule has 0 aromatic heterocycles. The van der Waals surface area contributed by atoms with Gasteiger partial charge in [0.15, 0.2) is 5.03 Å². The molecule has 3 N–H and O–H groups in total. The zero-order valence-corrected chi connectivity index (χ0v) is 11.2. The molecule has 0 saturated carbocycles. The monoisotopic (exact) mass is 287 g/mol. The fourth-order valence-corrected chi connectivity index (χ4v) is 1.85. The molecule has 0 bridgehead atoms. The predicted molar refractivity (Wildman–Crippen MR) is 79.8 cm³/mol. The summed E-state index contributed by atoms with van der Waals surface area (Å²) in [5.41, 5.74) is 7.69. The molecule has 0 aliphatic carbocycles. The average Bonchev–Trinajstić information content (AvgIpc) is 2.46. The fraction of sp³-hybridized carbons (Fsp3) is 0.0769. The molecule has 8 heteroatoms. The molecule has 0 radical (unpaired) electrons. The van der Waals surface area contributed by atoms with E-state index in [0.717, 1.165) is 10.8 Å². The van der Waals surface area contributed by atoms with E-state index in [1.165, 1.54) is 6.21 Å².